The number of benzene rings is 2. The van der Waals surface area contributed by atoms with Gasteiger partial charge in [0.15, 0.2) is 11.5 Å². The minimum Gasteiger partial charge on any atom is -0.507 e. The van der Waals surface area contributed by atoms with Crippen molar-refractivity contribution in [2.45, 2.75) is 19.9 Å². The molecule has 1 saturated heterocycles. The average molecular weight is 480 g/mol. The van der Waals surface area contributed by atoms with Crippen molar-refractivity contribution in [3.8, 4) is 11.5 Å². The molecule has 8 nitrogen and oxygen atoms in total. The Morgan fingerprint density at radius 1 is 1.00 bits per heavy atom. The van der Waals surface area contributed by atoms with Gasteiger partial charge in [0.1, 0.15) is 19.0 Å². The first-order valence-corrected chi connectivity index (χ1v) is 12.0. The third-order valence-corrected chi connectivity index (χ3v) is 6.63. The Morgan fingerprint density at radius 2 is 1.66 bits per heavy atom. The number of anilines is 1. The van der Waals surface area contributed by atoms with Crippen molar-refractivity contribution in [1.82, 2.24) is 9.80 Å². The molecule has 0 aliphatic carbocycles. The second-order valence-corrected chi connectivity index (χ2v) is 8.86. The summed E-state index contributed by atoms with van der Waals surface area (Å²) in [6.45, 7) is 7.71. The summed E-state index contributed by atoms with van der Waals surface area (Å²) in [6.07, 6.45) is 0. The molecule has 0 unspecified atom stereocenters. The van der Waals surface area contributed by atoms with E-state index in [-0.39, 0.29) is 11.3 Å². The van der Waals surface area contributed by atoms with Crippen LogP contribution in [0.2, 0.25) is 0 Å². The number of aliphatic hydroxyl groups excluding tert-OH is 1. The van der Waals surface area contributed by atoms with Crippen molar-refractivity contribution in [2.24, 2.45) is 0 Å². The number of fused-ring (bicyclic) bond motifs is 1. The third-order valence-electron chi connectivity index (χ3n) is 6.63. The molecule has 1 fully saturated rings. The summed E-state index contributed by atoms with van der Waals surface area (Å²) in [5.74, 6) is -0.407. The number of nitrogens with zero attached hydrogens (tertiary/aromatic N) is 3. The van der Waals surface area contributed by atoms with Crippen molar-refractivity contribution in [3.05, 3.63) is 59.2 Å². The zero-order chi connectivity index (χ0) is 25.1. The van der Waals surface area contributed by atoms with Gasteiger partial charge in [-0.1, -0.05) is 26.0 Å². The lowest BCUT2D eigenvalue weighted by Gasteiger charge is -2.28. The van der Waals surface area contributed by atoms with E-state index in [0.29, 0.717) is 43.4 Å². The Hall–Kier alpha value is -3.52. The van der Waals surface area contributed by atoms with Gasteiger partial charge in [0.2, 0.25) is 0 Å². The predicted octanol–water partition coefficient (Wildman–Crippen LogP) is 3.29. The SMILES string of the molecule is CCN(CC)CCN1C(=O)C(=O)C(=C(O)c2ccc3c(c2)OCCO3)[C@H]1c1ccc(N(C)C)cc1. The van der Waals surface area contributed by atoms with Crippen LogP contribution in [-0.2, 0) is 9.59 Å². The Labute approximate surface area is 206 Å². The van der Waals surface area contributed by atoms with Crippen LogP contribution in [0.25, 0.3) is 5.76 Å². The first-order chi connectivity index (χ1) is 16.8. The predicted molar refractivity (Wildman–Crippen MR) is 135 cm³/mol. The summed E-state index contributed by atoms with van der Waals surface area (Å²) in [7, 11) is 3.90. The van der Waals surface area contributed by atoms with E-state index in [1.807, 2.05) is 43.3 Å². The highest BCUT2D eigenvalue weighted by molar-refractivity contribution is 6.46. The van der Waals surface area contributed by atoms with E-state index in [1.165, 1.54) is 0 Å². The number of ketones is 1. The molecule has 2 aromatic rings. The summed E-state index contributed by atoms with van der Waals surface area (Å²) in [4.78, 5) is 32.2. The molecule has 0 aromatic heterocycles. The molecule has 0 saturated carbocycles. The molecule has 8 heteroatoms. The monoisotopic (exact) mass is 479 g/mol. The highest BCUT2D eigenvalue weighted by Crippen LogP contribution is 2.41. The molecule has 2 heterocycles. The van der Waals surface area contributed by atoms with Gasteiger partial charge in [-0.25, -0.2) is 0 Å². The first kappa shape index (κ1) is 24.6. The van der Waals surface area contributed by atoms with Crippen LogP contribution in [-0.4, -0.2) is 80.1 Å². The maximum Gasteiger partial charge on any atom is 0.295 e. The number of carbonyl (C=O) groups is 2. The maximum atomic E-state index is 13.3. The van der Waals surface area contributed by atoms with E-state index in [4.69, 9.17) is 9.47 Å². The first-order valence-electron chi connectivity index (χ1n) is 12.0. The van der Waals surface area contributed by atoms with Crippen LogP contribution >= 0.6 is 0 Å². The van der Waals surface area contributed by atoms with Crippen molar-refractivity contribution in [2.75, 3.05) is 58.4 Å². The van der Waals surface area contributed by atoms with Gasteiger partial charge in [-0.2, -0.15) is 0 Å². The Kier molecular flexibility index (Phi) is 7.31. The minimum absolute atomic E-state index is 0.0869. The van der Waals surface area contributed by atoms with Gasteiger partial charge in [0.25, 0.3) is 11.7 Å². The molecule has 1 N–H and O–H groups in total. The zero-order valence-electron chi connectivity index (χ0n) is 20.8. The number of rotatable bonds is 8. The van der Waals surface area contributed by atoms with E-state index in [9.17, 15) is 14.7 Å². The summed E-state index contributed by atoms with van der Waals surface area (Å²) in [6, 6.07) is 12.1. The lowest BCUT2D eigenvalue weighted by molar-refractivity contribution is -0.140. The van der Waals surface area contributed by atoms with Gasteiger partial charge in [-0.15, -0.1) is 0 Å². The van der Waals surface area contributed by atoms with Gasteiger partial charge in [-0.05, 0) is 49.0 Å². The van der Waals surface area contributed by atoms with Crippen LogP contribution in [0.5, 0.6) is 11.5 Å². The fourth-order valence-corrected chi connectivity index (χ4v) is 4.55. The van der Waals surface area contributed by atoms with Crippen molar-refractivity contribution in [1.29, 1.82) is 0 Å². The van der Waals surface area contributed by atoms with Gasteiger partial charge >= 0.3 is 0 Å². The number of hydrogen-bond donors (Lipinski definition) is 1. The van der Waals surface area contributed by atoms with E-state index >= 15 is 0 Å². The van der Waals surface area contributed by atoms with Gasteiger partial charge in [-0.3, -0.25) is 9.59 Å². The summed E-state index contributed by atoms with van der Waals surface area (Å²) >= 11 is 0. The number of aliphatic hydroxyl groups is 1. The molecule has 0 bridgehead atoms. The molecule has 2 aliphatic heterocycles. The molecule has 1 amide bonds. The van der Waals surface area contributed by atoms with Crippen molar-refractivity contribution >= 4 is 23.1 Å². The second-order valence-electron chi connectivity index (χ2n) is 8.86. The molecule has 2 aromatic carbocycles. The van der Waals surface area contributed by atoms with Crippen LogP contribution in [0.3, 0.4) is 0 Å². The lowest BCUT2D eigenvalue weighted by Crippen LogP contribution is -2.38. The highest BCUT2D eigenvalue weighted by Gasteiger charge is 2.46. The minimum atomic E-state index is -0.685. The Balaban J connectivity index is 1.78. The normalized spacial score (nSPS) is 18.9. The maximum absolute atomic E-state index is 13.3. The zero-order valence-corrected chi connectivity index (χ0v) is 20.8. The quantitative estimate of drug-likeness (QED) is 0.353. The number of Topliss-reactive ketones (excluding diaryl/α,β-unsaturated/α-hetero) is 1. The van der Waals surface area contributed by atoms with E-state index in [1.54, 1.807) is 23.1 Å². The molecule has 186 valence electrons. The van der Waals surface area contributed by atoms with Gasteiger partial charge < -0.3 is 29.3 Å². The van der Waals surface area contributed by atoms with Crippen LogP contribution in [0.15, 0.2) is 48.0 Å². The summed E-state index contributed by atoms with van der Waals surface area (Å²) < 4.78 is 11.2. The Morgan fingerprint density at radius 3 is 2.29 bits per heavy atom. The molecule has 2 aliphatic rings. The largest absolute Gasteiger partial charge is 0.507 e. The summed E-state index contributed by atoms with van der Waals surface area (Å²) in [5.41, 5.74) is 2.27. The highest BCUT2D eigenvalue weighted by atomic mass is 16.6. The summed E-state index contributed by atoms with van der Waals surface area (Å²) in [5, 5.41) is 11.3. The second kappa shape index (κ2) is 10.4. The van der Waals surface area contributed by atoms with Crippen LogP contribution in [0.4, 0.5) is 5.69 Å². The van der Waals surface area contributed by atoms with E-state index in [0.717, 1.165) is 24.3 Å². The van der Waals surface area contributed by atoms with Crippen LogP contribution in [0, 0.1) is 0 Å². The van der Waals surface area contributed by atoms with Crippen molar-refractivity contribution < 1.29 is 24.2 Å². The number of ether oxygens (including phenoxy) is 2. The topological polar surface area (TPSA) is 82.6 Å². The number of amides is 1. The fourth-order valence-electron chi connectivity index (χ4n) is 4.55. The molecule has 4 rings (SSSR count). The molecular formula is C27H33N3O5. The Bertz CT molecular complexity index is 1120. The van der Waals surface area contributed by atoms with Gasteiger partial charge in [0.05, 0.1) is 11.6 Å². The lowest BCUT2D eigenvalue weighted by atomic mass is 9.95. The van der Waals surface area contributed by atoms with Gasteiger partial charge in [0, 0.05) is 38.4 Å². The molecular weight excluding hydrogens is 446 g/mol. The molecule has 1 atom stereocenters. The standard InChI is InChI=1S/C27H33N3O5/c1-5-29(6-2)13-14-30-24(18-7-10-20(11-8-18)28(3)4)23(26(32)27(30)33)25(31)19-9-12-21-22(17-19)35-16-15-34-21/h7-12,17,24,31H,5-6,13-16H2,1-4H3/t24-/m1/s1. The number of likely N-dealkylation sites (tertiary alicyclic amines) is 1. The van der Waals surface area contributed by atoms with Crippen LogP contribution < -0.4 is 14.4 Å². The van der Waals surface area contributed by atoms with E-state index in [2.05, 4.69) is 18.7 Å². The number of carbonyl (C=O) groups excluding carboxylic acids is 2. The smallest absolute Gasteiger partial charge is 0.295 e. The average Bonchev–Trinajstić information content (AvgIpc) is 3.13. The molecule has 0 spiro atoms. The third kappa shape index (κ3) is 4.84. The fraction of sp³-hybridized carbons (Fsp3) is 0.407. The van der Waals surface area contributed by atoms with E-state index < -0.39 is 17.7 Å². The molecule has 0 radical (unpaired) electrons. The number of likely N-dealkylation sites (N-methyl/N-ethyl adjacent to an activating group) is 1. The number of hydrogen-bond acceptors (Lipinski definition) is 7. The molecule has 35 heavy (non-hydrogen) atoms. The van der Waals surface area contributed by atoms with Crippen molar-refractivity contribution in [3.63, 3.8) is 0 Å². The van der Waals surface area contributed by atoms with Crippen LogP contribution in [0.1, 0.15) is 31.0 Å².